The molecule has 0 saturated carbocycles. The topological polar surface area (TPSA) is 47.7 Å². The minimum Gasteiger partial charge on any atom is -0.385 e. The SMILES string of the molecule is COCCCN1CCC(N)C(OC)C1. The number of methoxy groups -OCH3 is 2. The Morgan fingerprint density at radius 2 is 2.21 bits per heavy atom. The molecule has 2 N–H and O–H groups in total. The van der Waals surface area contributed by atoms with Gasteiger partial charge in [0, 0.05) is 40.0 Å². The van der Waals surface area contributed by atoms with Crippen LogP contribution in [0.5, 0.6) is 0 Å². The maximum Gasteiger partial charge on any atom is 0.0849 e. The second-order valence-corrected chi connectivity index (χ2v) is 3.87. The van der Waals surface area contributed by atoms with Gasteiger partial charge in [-0.05, 0) is 19.4 Å². The first kappa shape index (κ1) is 11.9. The molecule has 14 heavy (non-hydrogen) atoms. The number of nitrogens with zero attached hydrogens (tertiary/aromatic N) is 1. The number of hydrogen-bond donors (Lipinski definition) is 1. The quantitative estimate of drug-likeness (QED) is 0.641. The number of hydrogen-bond acceptors (Lipinski definition) is 4. The van der Waals surface area contributed by atoms with Crippen LogP contribution in [-0.4, -0.2) is 57.5 Å². The molecule has 0 aliphatic carbocycles. The fourth-order valence-corrected chi connectivity index (χ4v) is 1.88. The fourth-order valence-electron chi connectivity index (χ4n) is 1.88. The predicted octanol–water partition coefficient (Wildman–Crippen LogP) is 0.0709. The number of rotatable bonds is 5. The molecule has 4 nitrogen and oxygen atoms in total. The van der Waals surface area contributed by atoms with Crippen LogP contribution >= 0.6 is 0 Å². The Balaban J connectivity index is 2.21. The van der Waals surface area contributed by atoms with E-state index in [1.807, 2.05) is 0 Å². The van der Waals surface area contributed by atoms with Gasteiger partial charge in [0.25, 0.3) is 0 Å². The van der Waals surface area contributed by atoms with Crippen LogP contribution in [-0.2, 0) is 9.47 Å². The molecule has 1 aliphatic heterocycles. The zero-order valence-corrected chi connectivity index (χ0v) is 9.24. The van der Waals surface area contributed by atoms with E-state index in [2.05, 4.69) is 4.90 Å². The molecule has 2 unspecified atom stereocenters. The summed E-state index contributed by atoms with van der Waals surface area (Å²) in [6.07, 6.45) is 2.32. The van der Waals surface area contributed by atoms with E-state index in [1.165, 1.54) is 0 Å². The van der Waals surface area contributed by atoms with E-state index in [-0.39, 0.29) is 12.1 Å². The van der Waals surface area contributed by atoms with Crippen LogP contribution in [0, 0.1) is 0 Å². The molecule has 0 spiro atoms. The van der Waals surface area contributed by atoms with Crippen molar-refractivity contribution in [2.75, 3.05) is 40.5 Å². The van der Waals surface area contributed by atoms with E-state index in [1.54, 1.807) is 14.2 Å². The van der Waals surface area contributed by atoms with Crippen molar-refractivity contribution in [1.29, 1.82) is 0 Å². The lowest BCUT2D eigenvalue weighted by molar-refractivity contribution is 0.0144. The molecule has 2 atom stereocenters. The zero-order chi connectivity index (χ0) is 10.4. The standard InChI is InChI=1S/C10H22N2O2/c1-13-7-3-5-12-6-4-9(11)10(8-12)14-2/h9-10H,3-8,11H2,1-2H3. The summed E-state index contributed by atoms with van der Waals surface area (Å²) in [7, 11) is 3.48. The first-order valence-corrected chi connectivity index (χ1v) is 5.27. The highest BCUT2D eigenvalue weighted by Crippen LogP contribution is 2.11. The Kier molecular flexibility index (Phi) is 5.40. The molecule has 1 rings (SSSR count). The van der Waals surface area contributed by atoms with Crippen LogP contribution in [0.3, 0.4) is 0 Å². The van der Waals surface area contributed by atoms with Crippen molar-refractivity contribution in [3.05, 3.63) is 0 Å². The summed E-state index contributed by atoms with van der Waals surface area (Å²) >= 11 is 0. The van der Waals surface area contributed by atoms with Gasteiger partial charge in [0.2, 0.25) is 0 Å². The lowest BCUT2D eigenvalue weighted by Crippen LogP contribution is -2.51. The van der Waals surface area contributed by atoms with E-state index >= 15 is 0 Å². The van der Waals surface area contributed by atoms with E-state index in [9.17, 15) is 0 Å². The molecule has 0 bridgehead atoms. The first-order valence-electron chi connectivity index (χ1n) is 5.27. The normalized spacial score (nSPS) is 29.4. The van der Waals surface area contributed by atoms with Gasteiger partial charge in [-0.1, -0.05) is 0 Å². The van der Waals surface area contributed by atoms with Gasteiger partial charge in [0.05, 0.1) is 6.10 Å². The zero-order valence-electron chi connectivity index (χ0n) is 9.24. The van der Waals surface area contributed by atoms with Gasteiger partial charge < -0.3 is 20.1 Å². The maximum atomic E-state index is 5.93. The second kappa shape index (κ2) is 6.35. The number of ether oxygens (including phenoxy) is 2. The van der Waals surface area contributed by atoms with Gasteiger partial charge in [-0.3, -0.25) is 0 Å². The highest BCUT2D eigenvalue weighted by Gasteiger charge is 2.25. The molecule has 1 aliphatic rings. The molecule has 1 heterocycles. The number of likely N-dealkylation sites (tertiary alicyclic amines) is 1. The van der Waals surface area contributed by atoms with Crippen molar-refractivity contribution in [3.63, 3.8) is 0 Å². The van der Waals surface area contributed by atoms with E-state index in [0.717, 1.165) is 39.1 Å². The highest BCUT2D eigenvalue weighted by molar-refractivity contribution is 4.83. The highest BCUT2D eigenvalue weighted by atomic mass is 16.5. The van der Waals surface area contributed by atoms with E-state index < -0.39 is 0 Å². The van der Waals surface area contributed by atoms with Crippen LogP contribution < -0.4 is 5.73 Å². The molecular formula is C10H22N2O2. The van der Waals surface area contributed by atoms with Crippen LogP contribution in [0.4, 0.5) is 0 Å². The van der Waals surface area contributed by atoms with Crippen molar-refractivity contribution < 1.29 is 9.47 Å². The smallest absolute Gasteiger partial charge is 0.0849 e. The van der Waals surface area contributed by atoms with Crippen molar-refractivity contribution >= 4 is 0 Å². The monoisotopic (exact) mass is 202 g/mol. The Hall–Kier alpha value is -0.160. The van der Waals surface area contributed by atoms with Crippen LogP contribution in [0.25, 0.3) is 0 Å². The molecule has 4 heteroatoms. The summed E-state index contributed by atoms with van der Waals surface area (Å²) < 4.78 is 10.4. The molecule has 0 aromatic carbocycles. The van der Waals surface area contributed by atoms with E-state index in [0.29, 0.717) is 0 Å². The van der Waals surface area contributed by atoms with Gasteiger partial charge >= 0.3 is 0 Å². The van der Waals surface area contributed by atoms with Crippen molar-refractivity contribution in [3.8, 4) is 0 Å². The minimum absolute atomic E-state index is 0.200. The summed E-state index contributed by atoms with van der Waals surface area (Å²) in [5.74, 6) is 0. The molecule has 84 valence electrons. The molecule has 0 aromatic rings. The number of nitrogens with two attached hydrogens (primary N) is 1. The van der Waals surface area contributed by atoms with Gasteiger partial charge in [0.1, 0.15) is 0 Å². The largest absolute Gasteiger partial charge is 0.385 e. The summed E-state index contributed by atoms with van der Waals surface area (Å²) in [5, 5.41) is 0. The molecule has 1 saturated heterocycles. The van der Waals surface area contributed by atoms with Gasteiger partial charge in [0.15, 0.2) is 0 Å². The van der Waals surface area contributed by atoms with Gasteiger partial charge in [-0.25, -0.2) is 0 Å². The average Bonchev–Trinajstić information content (AvgIpc) is 2.21. The Labute approximate surface area is 86.3 Å². The van der Waals surface area contributed by atoms with Crippen molar-refractivity contribution in [2.24, 2.45) is 5.73 Å². The molecule has 1 fully saturated rings. The third-order valence-corrected chi connectivity index (χ3v) is 2.82. The molecular weight excluding hydrogens is 180 g/mol. The van der Waals surface area contributed by atoms with E-state index in [4.69, 9.17) is 15.2 Å². The maximum absolute atomic E-state index is 5.93. The molecule has 0 amide bonds. The van der Waals surface area contributed by atoms with Crippen molar-refractivity contribution in [1.82, 2.24) is 4.90 Å². The summed E-state index contributed by atoms with van der Waals surface area (Å²) in [5.41, 5.74) is 5.93. The third kappa shape index (κ3) is 3.53. The predicted molar refractivity (Wildman–Crippen MR) is 56.3 cm³/mol. The van der Waals surface area contributed by atoms with Crippen molar-refractivity contribution in [2.45, 2.75) is 25.0 Å². The Morgan fingerprint density at radius 1 is 1.43 bits per heavy atom. The summed E-state index contributed by atoms with van der Waals surface area (Å²) in [6.45, 7) is 3.97. The summed E-state index contributed by atoms with van der Waals surface area (Å²) in [4.78, 5) is 2.40. The lowest BCUT2D eigenvalue weighted by Gasteiger charge is -2.35. The third-order valence-electron chi connectivity index (χ3n) is 2.82. The lowest BCUT2D eigenvalue weighted by atomic mass is 10.0. The molecule has 0 radical (unpaired) electrons. The Bertz CT molecular complexity index is 155. The molecule has 0 aromatic heterocycles. The first-order chi connectivity index (χ1) is 6.77. The Morgan fingerprint density at radius 3 is 2.86 bits per heavy atom. The van der Waals surface area contributed by atoms with Crippen LogP contribution in [0.2, 0.25) is 0 Å². The van der Waals surface area contributed by atoms with Crippen LogP contribution in [0.15, 0.2) is 0 Å². The summed E-state index contributed by atoms with van der Waals surface area (Å²) in [6, 6.07) is 0.207. The van der Waals surface area contributed by atoms with Gasteiger partial charge in [-0.15, -0.1) is 0 Å². The average molecular weight is 202 g/mol. The minimum atomic E-state index is 0.200. The fraction of sp³-hybridized carbons (Fsp3) is 1.00. The number of piperidine rings is 1. The van der Waals surface area contributed by atoms with Gasteiger partial charge in [-0.2, -0.15) is 0 Å². The second-order valence-electron chi connectivity index (χ2n) is 3.87. The van der Waals surface area contributed by atoms with Crippen LogP contribution in [0.1, 0.15) is 12.8 Å².